The predicted octanol–water partition coefficient (Wildman–Crippen LogP) is 7.65. The van der Waals surface area contributed by atoms with Crippen LogP contribution < -0.4 is 0 Å². The van der Waals surface area contributed by atoms with Crippen molar-refractivity contribution >= 4 is 39.3 Å². The zero-order valence-electron chi connectivity index (χ0n) is 13.6. The van der Waals surface area contributed by atoms with Gasteiger partial charge in [-0.05, 0) is 59.4 Å². The van der Waals surface area contributed by atoms with Gasteiger partial charge >= 0.3 is 0 Å². The summed E-state index contributed by atoms with van der Waals surface area (Å²) in [5.41, 5.74) is 1.96. The first-order valence-corrected chi connectivity index (χ1v) is 9.91. The van der Waals surface area contributed by atoms with Crippen molar-refractivity contribution in [3.05, 3.63) is 62.8 Å². The summed E-state index contributed by atoms with van der Waals surface area (Å²) in [5, 5.41) is 0.831. The van der Waals surface area contributed by atoms with Crippen LogP contribution in [0.1, 0.15) is 50.2 Å². The smallest absolute Gasteiger partial charge is 0.127 e. The summed E-state index contributed by atoms with van der Waals surface area (Å²) in [4.78, 5) is 1.17. The van der Waals surface area contributed by atoms with E-state index in [1.165, 1.54) is 16.5 Å². The Bertz CT molecular complexity index is 672. The normalized spacial score (nSPS) is 12.7. The maximum absolute atomic E-state index is 14.0. The van der Waals surface area contributed by atoms with Gasteiger partial charge in [-0.25, -0.2) is 4.39 Å². The van der Waals surface area contributed by atoms with Crippen LogP contribution in [-0.4, -0.2) is 5.75 Å². The number of hydrogen-bond acceptors (Lipinski definition) is 1. The van der Waals surface area contributed by atoms with E-state index in [4.69, 9.17) is 11.6 Å². The molecule has 0 heterocycles. The second kappa shape index (κ2) is 8.55. The molecule has 0 saturated heterocycles. The molecule has 0 N–H and O–H groups in total. The minimum absolute atomic E-state index is 0.138. The molecule has 124 valence electrons. The maximum Gasteiger partial charge on any atom is 0.127 e. The number of hydrogen-bond donors (Lipinski definition) is 0. The van der Waals surface area contributed by atoms with Crippen molar-refractivity contribution in [3.8, 4) is 0 Å². The summed E-state index contributed by atoms with van der Waals surface area (Å²) < 4.78 is 14.7. The summed E-state index contributed by atoms with van der Waals surface area (Å²) in [6.07, 6.45) is 0.923. The molecule has 2 rings (SSSR count). The van der Waals surface area contributed by atoms with Crippen molar-refractivity contribution in [3.63, 3.8) is 0 Å². The highest BCUT2D eigenvalue weighted by Gasteiger charge is 2.12. The lowest BCUT2D eigenvalue weighted by atomic mass is 9.98. The third-order valence-corrected chi connectivity index (χ3v) is 5.75. The Hall–Kier alpha value is -0.510. The van der Waals surface area contributed by atoms with Crippen molar-refractivity contribution in [2.75, 3.05) is 5.75 Å². The Kier molecular flexibility index (Phi) is 7.00. The summed E-state index contributed by atoms with van der Waals surface area (Å²) in [5.74, 6) is 1.43. The number of benzene rings is 2. The van der Waals surface area contributed by atoms with Crippen LogP contribution in [0, 0.1) is 5.82 Å². The van der Waals surface area contributed by atoms with E-state index in [0.717, 1.165) is 27.2 Å². The van der Waals surface area contributed by atoms with Crippen molar-refractivity contribution < 1.29 is 4.39 Å². The highest BCUT2D eigenvalue weighted by Crippen LogP contribution is 2.31. The molecule has 0 radical (unpaired) electrons. The van der Waals surface area contributed by atoms with Gasteiger partial charge in [-0.2, -0.15) is 0 Å². The van der Waals surface area contributed by atoms with E-state index in [2.05, 4.69) is 48.8 Å². The Morgan fingerprint density at radius 1 is 1.09 bits per heavy atom. The zero-order valence-corrected chi connectivity index (χ0v) is 16.7. The zero-order chi connectivity index (χ0) is 17.0. The minimum atomic E-state index is -0.138. The van der Waals surface area contributed by atoms with Crippen LogP contribution in [0.5, 0.6) is 0 Å². The molecular weight excluding hydrogens is 395 g/mol. The maximum atomic E-state index is 14.0. The molecule has 23 heavy (non-hydrogen) atoms. The molecule has 0 saturated carbocycles. The van der Waals surface area contributed by atoms with Crippen LogP contribution in [0.15, 0.2) is 45.8 Å². The summed E-state index contributed by atoms with van der Waals surface area (Å²) in [6, 6.07) is 11.6. The molecule has 0 aliphatic rings. The molecule has 0 aliphatic carbocycles. The van der Waals surface area contributed by atoms with Crippen LogP contribution in [0.3, 0.4) is 0 Å². The van der Waals surface area contributed by atoms with Crippen LogP contribution in [-0.2, 0) is 0 Å². The fraction of sp³-hybridized carbons (Fsp3) is 0.368. The van der Waals surface area contributed by atoms with Gasteiger partial charge in [-0.3, -0.25) is 0 Å². The molecule has 0 spiro atoms. The average Bonchev–Trinajstić information content (AvgIpc) is 2.46. The van der Waals surface area contributed by atoms with Crippen molar-refractivity contribution in [1.82, 2.24) is 0 Å². The first-order chi connectivity index (χ1) is 10.9. The van der Waals surface area contributed by atoms with Crippen LogP contribution in [0.4, 0.5) is 4.39 Å². The van der Waals surface area contributed by atoms with Gasteiger partial charge in [0.2, 0.25) is 0 Å². The highest BCUT2D eigenvalue weighted by atomic mass is 79.9. The first-order valence-electron chi connectivity index (χ1n) is 7.75. The van der Waals surface area contributed by atoms with Gasteiger partial charge < -0.3 is 0 Å². The van der Waals surface area contributed by atoms with Gasteiger partial charge in [-0.1, -0.05) is 60.4 Å². The number of thioether (sulfide) groups is 1. The second-order valence-corrected chi connectivity index (χ2v) is 8.53. The summed E-state index contributed by atoms with van der Waals surface area (Å²) >= 11 is 11.4. The third kappa shape index (κ3) is 5.23. The van der Waals surface area contributed by atoms with E-state index in [1.807, 2.05) is 18.2 Å². The van der Waals surface area contributed by atoms with E-state index >= 15 is 0 Å². The molecule has 0 fully saturated rings. The molecule has 4 heteroatoms. The van der Waals surface area contributed by atoms with Gasteiger partial charge in [0, 0.05) is 14.4 Å². The lowest BCUT2D eigenvalue weighted by molar-refractivity contribution is 0.584. The van der Waals surface area contributed by atoms with Gasteiger partial charge in [0.25, 0.3) is 0 Å². The quantitative estimate of drug-likeness (QED) is 0.436. The van der Waals surface area contributed by atoms with E-state index in [1.54, 1.807) is 11.8 Å². The standard InChI is InChI=1S/C19H21BrClFS/c1-12(2)16-7-5-15(11-18(16)21)23-9-8-13(3)17-6-4-14(20)10-19(17)22/h4-7,10-13H,8-9H2,1-3H3. The van der Waals surface area contributed by atoms with Crippen LogP contribution in [0.2, 0.25) is 5.02 Å². The molecule has 1 unspecified atom stereocenters. The second-order valence-electron chi connectivity index (χ2n) is 6.04. The lowest BCUT2D eigenvalue weighted by Crippen LogP contribution is -1.99. The molecule has 1 atom stereocenters. The fourth-order valence-corrected chi connectivity index (χ4v) is 4.35. The van der Waals surface area contributed by atoms with E-state index < -0.39 is 0 Å². The first kappa shape index (κ1) is 18.8. The van der Waals surface area contributed by atoms with E-state index in [-0.39, 0.29) is 11.7 Å². The van der Waals surface area contributed by atoms with Crippen molar-refractivity contribution in [1.29, 1.82) is 0 Å². The summed E-state index contributed by atoms with van der Waals surface area (Å²) in [6.45, 7) is 6.35. The molecule has 0 bridgehead atoms. The van der Waals surface area contributed by atoms with E-state index in [9.17, 15) is 4.39 Å². The van der Waals surface area contributed by atoms with Gasteiger partial charge in [0.15, 0.2) is 0 Å². The minimum Gasteiger partial charge on any atom is -0.207 e. The third-order valence-electron chi connectivity index (χ3n) is 3.91. The molecule has 0 amide bonds. The molecule has 2 aromatic carbocycles. The predicted molar refractivity (Wildman–Crippen MR) is 103 cm³/mol. The topological polar surface area (TPSA) is 0 Å². The van der Waals surface area contributed by atoms with Crippen molar-refractivity contribution in [2.45, 2.75) is 43.9 Å². The van der Waals surface area contributed by atoms with Gasteiger partial charge in [-0.15, -0.1) is 11.8 Å². The van der Waals surface area contributed by atoms with E-state index in [0.29, 0.717) is 5.92 Å². The monoisotopic (exact) mass is 414 g/mol. The molecule has 0 aliphatic heterocycles. The average molecular weight is 416 g/mol. The fourth-order valence-electron chi connectivity index (χ4n) is 2.48. The Labute approximate surface area is 156 Å². The van der Waals surface area contributed by atoms with Gasteiger partial charge in [0.1, 0.15) is 5.82 Å². The number of halogens is 3. The lowest BCUT2D eigenvalue weighted by Gasteiger charge is -2.14. The SMILES string of the molecule is CC(C)c1ccc(SCCC(C)c2ccc(Br)cc2F)cc1Cl. The Morgan fingerprint density at radius 3 is 2.39 bits per heavy atom. The van der Waals surface area contributed by atoms with Crippen LogP contribution in [0.25, 0.3) is 0 Å². The molecule has 0 nitrogen and oxygen atoms in total. The molecular formula is C19H21BrClFS. The van der Waals surface area contributed by atoms with Crippen molar-refractivity contribution in [2.24, 2.45) is 0 Å². The summed E-state index contributed by atoms with van der Waals surface area (Å²) in [7, 11) is 0. The van der Waals surface area contributed by atoms with Gasteiger partial charge in [0.05, 0.1) is 0 Å². The van der Waals surface area contributed by atoms with Crippen LogP contribution >= 0.6 is 39.3 Å². The highest BCUT2D eigenvalue weighted by molar-refractivity contribution is 9.10. The largest absolute Gasteiger partial charge is 0.207 e. The number of rotatable bonds is 6. The Morgan fingerprint density at radius 2 is 1.78 bits per heavy atom. The molecule has 0 aromatic heterocycles. The Balaban J connectivity index is 1.93. The molecule has 2 aromatic rings.